The number of hydrogen-bond donors (Lipinski definition) is 2. The first kappa shape index (κ1) is 11.0. The first-order valence-corrected chi connectivity index (χ1v) is 5.63. The average Bonchev–Trinajstić information content (AvgIpc) is 2.38. The van der Waals surface area contributed by atoms with Crippen LogP contribution in [0.4, 0.5) is 0 Å². The number of nitrogens with zero attached hydrogens (tertiary/aromatic N) is 2. The van der Waals surface area contributed by atoms with E-state index in [2.05, 4.69) is 20.6 Å². The van der Waals surface area contributed by atoms with E-state index in [4.69, 9.17) is 0 Å². The predicted molar refractivity (Wildman–Crippen MR) is 60.0 cm³/mol. The Bertz CT molecular complexity index is 335. The standard InChI is InChI=1S/C11H16N4O/c16-11(9-5-12-8-13-6-9)15-7-10-3-1-2-4-14-10/h5-6,8,10,14H,1-4,7H2,(H,15,16). The van der Waals surface area contributed by atoms with E-state index in [1.165, 1.54) is 31.6 Å². The molecule has 2 rings (SSSR count). The summed E-state index contributed by atoms with van der Waals surface area (Å²) in [5.74, 6) is -0.104. The van der Waals surface area contributed by atoms with Crippen LogP contribution in [0.25, 0.3) is 0 Å². The molecule has 1 amide bonds. The third kappa shape index (κ3) is 3.00. The van der Waals surface area contributed by atoms with Crippen molar-refractivity contribution in [3.63, 3.8) is 0 Å². The Morgan fingerprint density at radius 1 is 1.44 bits per heavy atom. The molecule has 1 aromatic heterocycles. The summed E-state index contributed by atoms with van der Waals surface area (Å²) in [6.45, 7) is 1.72. The molecule has 0 bridgehead atoms. The predicted octanol–water partition coefficient (Wildman–Crippen LogP) is 0.348. The van der Waals surface area contributed by atoms with Crippen molar-refractivity contribution in [1.29, 1.82) is 0 Å². The van der Waals surface area contributed by atoms with Crippen molar-refractivity contribution in [1.82, 2.24) is 20.6 Å². The molecule has 16 heavy (non-hydrogen) atoms. The quantitative estimate of drug-likeness (QED) is 0.771. The molecular formula is C11H16N4O. The maximum Gasteiger partial charge on any atom is 0.254 e. The second-order valence-corrected chi connectivity index (χ2v) is 3.98. The normalized spacial score (nSPS) is 20.4. The fourth-order valence-corrected chi connectivity index (χ4v) is 1.83. The number of piperidine rings is 1. The van der Waals surface area contributed by atoms with E-state index in [1.54, 1.807) is 0 Å². The minimum Gasteiger partial charge on any atom is -0.350 e. The van der Waals surface area contributed by atoms with E-state index >= 15 is 0 Å². The van der Waals surface area contributed by atoms with Crippen molar-refractivity contribution in [2.75, 3.05) is 13.1 Å². The molecule has 0 aliphatic carbocycles. The van der Waals surface area contributed by atoms with Crippen molar-refractivity contribution in [2.24, 2.45) is 0 Å². The van der Waals surface area contributed by atoms with Crippen LogP contribution < -0.4 is 10.6 Å². The highest BCUT2D eigenvalue weighted by Crippen LogP contribution is 2.05. The zero-order valence-electron chi connectivity index (χ0n) is 9.15. The average molecular weight is 220 g/mol. The molecule has 2 heterocycles. The van der Waals surface area contributed by atoms with Gasteiger partial charge in [0.1, 0.15) is 6.33 Å². The van der Waals surface area contributed by atoms with Crippen LogP contribution in [-0.2, 0) is 0 Å². The van der Waals surface area contributed by atoms with E-state index in [-0.39, 0.29) is 5.91 Å². The van der Waals surface area contributed by atoms with Crippen LogP contribution in [0.2, 0.25) is 0 Å². The maximum absolute atomic E-state index is 11.7. The molecule has 86 valence electrons. The van der Waals surface area contributed by atoms with Gasteiger partial charge < -0.3 is 10.6 Å². The molecule has 0 aromatic carbocycles. The fourth-order valence-electron chi connectivity index (χ4n) is 1.83. The SMILES string of the molecule is O=C(NCC1CCCCN1)c1cncnc1. The second kappa shape index (κ2) is 5.55. The van der Waals surface area contributed by atoms with Crippen LogP contribution in [0, 0.1) is 0 Å². The van der Waals surface area contributed by atoms with Crippen molar-refractivity contribution in [2.45, 2.75) is 25.3 Å². The smallest absolute Gasteiger partial charge is 0.254 e. The van der Waals surface area contributed by atoms with Crippen LogP contribution in [0.1, 0.15) is 29.6 Å². The lowest BCUT2D eigenvalue weighted by molar-refractivity contribution is 0.0947. The van der Waals surface area contributed by atoms with Gasteiger partial charge >= 0.3 is 0 Å². The third-order valence-corrected chi connectivity index (χ3v) is 2.74. The van der Waals surface area contributed by atoms with Crippen molar-refractivity contribution >= 4 is 5.91 Å². The van der Waals surface area contributed by atoms with E-state index in [9.17, 15) is 4.79 Å². The molecule has 1 aromatic rings. The maximum atomic E-state index is 11.7. The highest BCUT2D eigenvalue weighted by atomic mass is 16.1. The van der Waals surface area contributed by atoms with Gasteiger partial charge in [-0.25, -0.2) is 9.97 Å². The number of carbonyl (C=O) groups excluding carboxylic acids is 1. The Hall–Kier alpha value is -1.49. The van der Waals surface area contributed by atoms with Gasteiger partial charge in [-0.3, -0.25) is 4.79 Å². The molecule has 2 N–H and O–H groups in total. The summed E-state index contributed by atoms with van der Waals surface area (Å²) in [7, 11) is 0. The summed E-state index contributed by atoms with van der Waals surface area (Å²) in [4.78, 5) is 19.3. The molecule has 5 nitrogen and oxygen atoms in total. The Kier molecular flexibility index (Phi) is 3.82. The molecule has 0 radical (unpaired) electrons. The number of amides is 1. The van der Waals surface area contributed by atoms with Crippen LogP contribution in [0.15, 0.2) is 18.7 Å². The van der Waals surface area contributed by atoms with E-state index in [1.807, 2.05) is 0 Å². The van der Waals surface area contributed by atoms with Gasteiger partial charge in [0.15, 0.2) is 0 Å². The minimum atomic E-state index is -0.104. The Morgan fingerprint density at radius 3 is 2.94 bits per heavy atom. The Morgan fingerprint density at radius 2 is 2.25 bits per heavy atom. The third-order valence-electron chi connectivity index (χ3n) is 2.74. The van der Waals surface area contributed by atoms with Crippen LogP contribution >= 0.6 is 0 Å². The van der Waals surface area contributed by atoms with Gasteiger partial charge in [0, 0.05) is 25.0 Å². The number of rotatable bonds is 3. The molecule has 5 heteroatoms. The van der Waals surface area contributed by atoms with Gasteiger partial charge in [-0.1, -0.05) is 6.42 Å². The topological polar surface area (TPSA) is 66.9 Å². The lowest BCUT2D eigenvalue weighted by atomic mass is 10.1. The van der Waals surface area contributed by atoms with E-state index < -0.39 is 0 Å². The Labute approximate surface area is 94.7 Å². The number of nitrogens with one attached hydrogen (secondary N) is 2. The van der Waals surface area contributed by atoms with Crippen LogP contribution in [-0.4, -0.2) is 35.0 Å². The number of aromatic nitrogens is 2. The fraction of sp³-hybridized carbons (Fsp3) is 0.545. The van der Waals surface area contributed by atoms with Crippen molar-refractivity contribution in [3.8, 4) is 0 Å². The van der Waals surface area contributed by atoms with Gasteiger partial charge in [0.25, 0.3) is 5.91 Å². The molecule has 1 aliphatic rings. The van der Waals surface area contributed by atoms with Gasteiger partial charge in [-0.15, -0.1) is 0 Å². The van der Waals surface area contributed by atoms with Crippen molar-refractivity contribution < 1.29 is 4.79 Å². The first-order chi connectivity index (χ1) is 7.86. The number of carbonyl (C=O) groups is 1. The molecule has 1 aliphatic heterocycles. The first-order valence-electron chi connectivity index (χ1n) is 5.63. The zero-order chi connectivity index (χ0) is 11.2. The highest BCUT2D eigenvalue weighted by molar-refractivity contribution is 5.93. The number of hydrogen-bond acceptors (Lipinski definition) is 4. The summed E-state index contributed by atoms with van der Waals surface area (Å²) in [5, 5.41) is 6.27. The van der Waals surface area contributed by atoms with Gasteiger partial charge in [0.2, 0.25) is 0 Å². The minimum absolute atomic E-state index is 0.104. The molecular weight excluding hydrogens is 204 g/mol. The second-order valence-electron chi connectivity index (χ2n) is 3.98. The van der Waals surface area contributed by atoms with Crippen LogP contribution in [0.3, 0.4) is 0 Å². The zero-order valence-corrected chi connectivity index (χ0v) is 9.15. The summed E-state index contributed by atoms with van der Waals surface area (Å²) in [6.07, 6.45) is 8.07. The van der Waals surface area contributed by atoms with Gasteiger partial charge in [0.05, 0.1) is 5.56 Å². The molecule has 1 unspecified atom stereocenters. The summed E-state index contributed by atoms with van der Waals surface area (Å²) >= 11 is 0. The van der Waals surface area contributed by atoms with E-state index in [0.29, 0.717) is 18.2 Å². The summed E-state index contributed by atoms with van der Waals surface area (Å²) in [6, 6.07) is 0.405. The highest BCUT2D eigenvalue weighted by Gasteiger charge is 2.13. The van der Waals surface area contributed by atoms with E-state index in [0.717, 1.165) is 13.0 Å². The molecule has 1 fully saturated rings. The molecule has 0 saturated carbocycles. The van der Waals surface area contributed by atoms with Crippen LogP contribution in [0.5, 0.6) is 0 Å². The van der Waals surface area contributed by atoms with Crippen molar-refractivity contribution in [3.05, 3.63) is 24.3 Å². The monoisotopic (exact) mass is 220 g/mol. The Balaban J connectivity index is 1.79. The lowest BCUT2D eigenvalue weighted by Crippen LogP contribution is -2.43. The van der Waals surface area contributed by atoms with Gasteiger partial charge in [-0.05, 0) is 19.4 Å². The lowest BCUT2D eigenvalue weighted by Gasteiger charge is -2.23. The summed E-state index contributed by atoms with van der Waals surface area (Å²) in [5.41, 5.74) is 0.512. The van der Waals surface area contributed by atoms with Gasteiger partial charge in [-0.2, -0.15) is 0 Å². The molecule has 1 saturated heterocycles. The summed E-state index contributed by atoms with van der Waals surface area (Å²) < 4.78 is 0. The largest absolute Gasteiger partial charge is 0.350 e. The molecule has 0 spiro atoms. The molecule has 1 atom stereocenters.